The molecule has 2 rings (SSSR count). The van der Waals surface area contributed by atoms with E-state index in [4.69, 9.17) is 4.74 Å². The van der Waals surface area contributed by atoms with Crippen LogP contribution in [0.4, 0.5) is 26.3 Å². The SMILES string of the molecule is COc1ccc(C(=O)C[S+](C)C)c2ccccc12.O=S(=O)(NS(=O)(=O)C(F)(F)F)C(F)(F)F. The van der Waals surface area contributed by atoms with Crippen molar-refractivity contribution < 1.29 is 52.7 Å². The van der Waals surface area contributed by atoms with Gasteiger partial charge in [0.25, 0.3) is 0 Å². The smallest absolute Gasteiger partial charge is 0.496 e. The standard InChI is InChI=1S/C15H17O2S.C2HF6NO4S2/c1-17-15-9-8-12(14(16)10-18(2)3)11-6-4-5-7-13(11)15;3-1(4,5)14(10,11)9-15(12,13)2(6,7)8/h4-9H,10H2,1-3H3;9H/q+1;. The highest BCUT2D eigenvalue weighted by Gasteiger charge is 2.55. The van der Waals surface area contributed by atoms with Gasteiger partial charge < -0.3 is 4.74 Å². The Morgan fingerprint density at radius 1 is 0.879 bits per heavy atom. The van der Waals surface area contributed by atoms with Gasteiger partial charge >= 0.3 is 31.1 Å². The van der Waals surface area contributed by atoms with Crippen molar-refractivity contribution in [2.24, 2.45) is 0 Å². The summed E-state index contributed by atoms with van der Waals surface area (Å²) in [7, 11) is -11.4. The van der Waals surface area contributed by atoms with Crippen LogP contribution in [0.2, 0.25) is 0 Å². The van der Waals surface area contributed by atoms with Gasteiger partial charge in [-0.3, -0.25) is 4.79 Å². The molecule has 2 aromatic carbocycles. The highest BCUT2D eigenvalue weighted by atomic mass is 32.3. The number of rotatable bonds is 6. The molecular weight excluding hydrogens is 524 g/mol. The van der Waals surface area contributed by atoms with Crippen LogP contribution in [0, 0.1) is 0 Å². The van der Waals surface area contributed by atoms with E-state index < -0.39 is 35.2 Å². The van der Waals surface area contributed by atoms with Crippen LogP contribution in [0.5, 0.6) is 5.75 Å². The van der Waals surface area contributed by atoms with Crippen molar-refractivity contribution in [1.82, 2.24) is 4.13 Å². The zero-order valence-corrected chi connectivity index (χ0v) is 19.6. The first-order valence-electron chi connectivity index (χ1n) is 8.38. The average Bonchev–Trinajstić information content (AvgIpc) is 2.64. The summed E-state index contributed by atoms with van der Waals surface area (Å²) in [5, 5.41) is 1.98. The lowest BCUT2D eigenvalue weighted by atomic mass is 10.0. The maximum atomic E-state index is 12.2. The third-order valence-electron chi connectivity index (χ3n) is 3.65. The number of fused-ring (bicyclic) bond motifs is 1. The number of alkyl halides is 6. The Kier molecular flexibility index (Phi) is 9.21. The Hall–Kier alpha value is -2.04. The molecule has 0 unspecified atom stereocenters. The Balaban J connectivity index is 0.000000337. The second-order valence-electron chi connectivity index (χ2n) is 6.40. The molecule has 0 heterocycles. The summed E-state index contributed by atoms with van der Waals surface area (Å²) in [6, 6.07) is 11.6. The number of ketones is 1. The van der Waals surface area contributed by atoms with Crippen LogP contribution in [-0.4, -0.2) is 59.0 Å². The summed E-state index contributed by atoms with van der Waals surface area (Å²) in [6.07, 6.45) is 4.17. The van der Waals surface area contributed by atoms with Crippen molar-refractivity contribution in [3.8, 4) is 5.75 Å². The van der Waals surface area contributed by atoms with E-state index in [-0.39, 0.29) is 16.7 Å². The Morgan fingerprint density at radius 3 is 1.73 bits per heavy atom. The van der Waals surface area contributed by atoms with E-state index >= 15 is 0 Å². The highest BCUT2D eigenvalue weighted by Crippen LogP contribution is 2.29. The van der Waals surface area contributed by atoms with Crippen LogP contribution in [0.1, 0.15) is 10.4 Å². The van der Waals surface area contributed by atoms with Gasteiger partial charge in [0.2, 0.25) is 5.78 Å². The maximum absolute atomic E-state index is 12.2. The van der Waals surface area contributed by atoms with E-state index in [0.717, 1.165) is 22.1 Å². The van der Waals surface area contributed by atoms with Gasteiger partial charge in [-0.15, -0.1) is 0 Å². The number of ether oxygens (including phenoxy) is 1. The summed E-state index contributed by atoms with van der Waals surface area (Å²) in [4.78, 5) is 12.2. The number of carbonyl (C=O) groups excluding carboxylic acids is 1. The molecule has 0 aromatic heterocycles. The van der Waals surface area contributed by atoms with Crippen molar-refractivity contribution in [3.63, 3.8) is 0 Å². The number of sulfonamides is 2. The van der Waals surface area contributed by atoms with E-state index in [2.05, 4.69) is 12.5 Å². The number of hydrogen-bond acceptors (Lipinski definition) is 6. The molecule has 0 atom stereocenters. The molecule has 0 aliphatic heterocycles. The predicted octanol–water partition coefficient (Wildman–Crippen LogP) is 3.18. The monoisotopic (exact) mass is 542 g/mol. The number of Topliss-reactive ketones (excluding diaryl/α,β-unsaturated/α-hetero) is 1. The fraction of sp³-hybridized carbons (Fsp3) is 0.353. The molecule has 0 bridgehead atoms. The van der Waals surface area contributed by atoms with Crippen LogP contribution in [-0.2, 0) is 30.9 Å². The van der Waals surface area contributed by atoms with E-state index in [1.54, 1.807) is 7.11 Å². The summed E-state index contributed by atoms with van der Waals surface area (Å²) < 4.78 is 114. The minimum atomic E-state index is -6.60. The number of halogens is 6. The first kappa shape index (κ1) is 29.0. The molecule has 186 valence electrons. The van der Waals surface area contributed by atoms with Gasteiger partial charge in [0, 0.05) is 10.9 Å². The molecule has 0 spiro atoms. The molecule has 7 nitrogen and oxygen atoms in total. The number of hydrogen-bond donors (Lipinski definition) is 1. The van der Waals surface area contributed by atoms with Crippen molar-refractivity contribution in [2.75, 3.05) is 25.4 Å². The third-order valence-corrected chi connectivity index (χ3v) is 7.47. The molecule has 0 aliphatic carbocycles. The fourth-order valence-electron chi connectivity index (χ4n) is 2.27. The molecule has 2 aromatic rings. The fourth-order valence-corrected chi connectivity index (χ4v) is 4.86. The molecule has 0 amide bonds. The molecule has 33 heavy (non-hydrogen) atoms. The van der Waals surface area contributed by atoms with Crippen LogP contribution in [0.15, 0.2) is 36.4 Å². The zero-order valence-electron chi connectivity index (χ0n) is 17.1. The molecule has 1 N–H and O–H groups in total. The minimum Gasteiger partial charge on any atom is -0.496 e. The summed E-state index contributed by atoms with van der Waals surface area (Å²) in [5.74, 6) is 1.63. The molecule has 16 heteroatoms. The van der Waals surface area contributed by atoms with Crippen molar-refractivity contribution in [2.45, 2.75) is 11.0 Å². The summed E-state index contributed by atoms with van der Waals surface area (Å²) >= 11 is 0. The first-order valence-corrected chi connectivity index (χ1v) is 13.6. The topological polar surface area (TPSA) is 107 Å². The molecule has 0 radical (unpaired) electrons. The summed E-state index contributed by atoms with van der Waals surface area (Å²) in [6.45, 7) is 0. The van der Waals surface area contributed by atoms with Crippen molar-refractivity contribution in [3.05, 3.63) is 42.0 Å². The minimum absolute atomic E-state index is 0.123. The molecule has 0 aliphatic rings. The lowest BCUT2D eigenvalue weighted by Gasteiger charge is -2.11. The van der Waals surface area contributed by atoms with E-state index in [9.17, 15) is 48.0 Å². The van der Waals surface area contributed by atoms with Crippen LogP contribution in [0.3, 0.4) is 0 Å². The second-order valence-corrected chi connectivity index (χ2v) is 12.3. The van der Waals surface area contributed by atoms with Gasteiger partial charge in [-0.05, 0) is 28.4 Å². The lowest BCUT2D eigenvalue weighted by Crippen LogP contribution is -2.45. The number of methoxy groups -OCH3 is 1. The largest absolute Gasteiger partial charge is 0.512 e. The predicted molar refractivity (Wildman–Crippen MR) is 112 cm³/mol. The number of nitrogens with one attached hydrogen (secondary N) is 1. The number of carbonyl (C=O) groups is 1. The maximum Gasteiger partial charge on any atom is 0.512 e. The van der Waals surface area contributed by atoms with Gasteiger partial charge in [-0.1, -0.05) is 28.4 Å². The molecule has 0 fully saturated rings. The van der Waals surface area contributed by atoms with Gasteiger partial charge in [0.05, 0.1) is 19.6 Å². The van der Waals surface area contributed by atoms with Gasteiger partial charge in [0.15, 0.2) is 5.75 Å². The van der Waals surface area contributed by atoms with Crippen molar-refractivity contribution >= 4 is 47.5 Å². The lowest BCUT2D eigenvalue weighted by molar-refractivity contribution is -0.0476. The third kappa shape index (κ3) is 7.48. The van der Waals surface area contributed by atoms with Crippen LogP contribution >= 0.6 is 0 Å². The van der Waals surface area contributed by atoms with Crippen LogP contribution < -0.4 is 8.86 Å². The van der Waals surface area contributed by atoms with Gasteiger partial charge in [0.1, 0.15) is 5.75 Å². The van der Waals surface area contributed by atoms with Gasteiger partial charge in [-0.25, -0.2) is 16.8 Å². The Bertz CT molecular complexity index is 1170. The molecule has 0 saturated carbocycles. The second kappa shape index (κ2) is 10.5. The number of benzene rings is 2. The summed E-state index contributed by atoms with van der Waals surface area (Å²) in [5.41, 5.74) is -11.5. The molecular formula is C17H18F6NO6S3+. The van der Waals surface area contributed by atoms with E-state index in [1.165, 1.54) is 0 Å². The van der Waals surface area contributed by atoms with E-state index in [0.29, 0.717) is 5.75 Å². The van der Waals surface area contributed by atoms with Gasteiger partial charge in [-0.2, -0.15) is 26.3 Å². The Labute approximate surface area is 188 Å². The quantitative estimate of drug-likeness (QED) is 0.342. The van der Waals surface area contributed by atoms with E-state index in [1.807, 2.05) is 36.4 Å². The van der Waals surface area contributed by atoms with Crippen LogP contribution in [0.25, 0.3) is 10.8 Å². The zero-order chi connectivity index (χ0) is 25.8. The van der Waals surface area contributed by atoms with Crippen molar-refractivity contribution in [1.29, 1.82) is 0 Å². The molecule has 0 saturated heterocycles. The first-order chi connectivity index (χ1) is 14.8. The Morgan fingerprint density at radius 2 is 1.33 bits per heavy atom. The highest BCUT2D eigenvalue weighted by molar-refractivity contribution is 8.05. The normalized spacial score (nSPS) is 12.9. The average molecular weight is 543 g/mol.